The van der Waals surface area contributed by atoms with Crippen molar-refractivity contribution in [3.05, 3.63) is 63.8 Å². The predicted octanol–water partition coefficient (Wildman–Crippen LogP) is 5.66. The quantitative estimate of drug-likeness (QED) is 0.540. The Morgan fingerprint density at radius 1 is 1.03 bits per heavy atom. The van der Waals surface area contributed by atoms with Crippen LogP contribution in [0.5, 0.6) is 5.75 Å². The first-order valence-electron chi connectivity index (χ1n) is 9.49. The molecule has 2 aromatic carbocycles. The highest BCUT2D eigenvalue weighted by Crippen LogP contribution is 2.47. The van der Waals surface area contributed by atoms with Gasteiger partial charge >= 0.3 is 5.97 Å². The third-order valence-corrected chi connectivity index (χ3v) is 6.38. The van der Waals surface area contributed by atoms with Crippen LogP contribution in [0.4, 0.5) is 8.78 Å². The monoisotopic (exact) mass is 449 g/mol. The Labute approximate surface area is 182 Å². The van der Waals surface area contributed by atoms with Gasteiger partial charge in [0.1, 0.15) is 5.82 Å². The third-order valence-electron chi connectivity index (χ3n) is 6.07. The fraction of sp³-hybridized carbons (Fsp3) is 0.304. The number of fused-ring (bicyclic) bond motifs is 1. The van der Waals surface area contributed by atoms with Crippen molar-refractivity contribution in [3.63, 3.8) is 0 Å². The van der Waals surface area contributed by atoms with Crippen molar-refractivity contribution in [2.24, 2.45) is 5.41 Å². The molecule has 0 bridgehead atoms. The Hall–Kier alpha value is -2.93. The number of benzene rings is 2. The molecule has 1 aromatic heterocycles. The molecule has 0 aliphatic carbocycles. The number of rotatable bonds is 3. The molecule has 5 nitrogen and oxygen atoms in total. The number of carbonyl (C=O) groups excluding carboxylic acids is 1. The number of aromatic hydroxyl groups is 1. The average molecular weight is 450 g/mol. The molecule has 2 N–H and O–H groups in total. The van der Waals surface area contributed by atoms with Crippen LogP contribution in [0.2, 0.25) is 5.02 Å². The van der Waals surface area contributed by atoms with Gasteiger partial charge in [0.25, 0.3) is 5.91 Å². The number of aromatic nitrogens is 1. The van der Waals surface area contributed by atoms with E-state index in [1.807, 2.05) is 0 Å². The molecule has 0 fully saturated rings. The summed E-state index contributed by atoms with van der Waals surface area (Å²) in [6, 6.07) is 5.61. The van der Waals surface area contributed by atoms with Crippen molar-refractivity contribution in [2.45, 2.75) is 40.0 Å². The van der Waals surface area contributed by atoms with Crippen molar-refractivity contribution in [2.75, 3.05) is 0 Å². The van der Waals surface area contributed by atoms with Crippen LogP contribution < -0.4 is 0 Å². The summed E-state index contributed by atoms with van der Waals surface area (Å²) >= 11 is 5.71. The minimum Gasteiger partial charge on any atom is -0.505 e. The number of phenolic OH excluding ortho intramolecular Hbond substituents is 1. The van der Waals surface area contributed by atoms with Gasteiger partial charge in [0.05, 0.1) is 16.0 Å². The van der Waals surface area contributed by atoms with Crippen LogP contribution in [0.15, 0.2) is 30.3 Å². The van der Waals surface area contributed by atoms with E-state index in [1.54, 1.807) is 27.7 Å². The summed E-state index contributed by atoms with van der Waals surface area (Å²) in [7, 11) is 0. The molecule has 0 amide bonds. The summed E-state index contributed by atoms with van der Waals surface area (Å²) in [5.41, 5.74) is -1.78. The van der Waals surface area contributed by atoms with Gasteiger partial charge in [0.2, 0.25) is 0 Å². The molecule has 0 spiro atoms. The Balaban J connectivity index is 2.45. The highest BCUT2D eigenvalue weighted by molar-refractivity contribution is 6.30. The number of hydrogen-bond acceptors (Lipinski definition) is 3. The molecular formula is C23H22ClF2NO4. The number of nitrogens with zero attached hydrogens (tertiary/aromatic N) is 1. The molecule has 0 unspecified atom stereocenters. The molecule has 3 aromatic rings. The van der Waals surface area contributed by atoms with E-state index in [2.05, 4.69) is 0 Å². The van der Waals surface area contributed by atoms with Crippen LogP contribution in [0.3, 0.4) is 0 Å². The summed E-state index contributed by atoms with van der Waals surface area (Å²) in [5, 5.41) is 20.2. The van der Waals surface area contributed by atoms with E-state index in [9.17, 15) is 28.6 Å². The van der Waals surface area contributed by atoms with Crippen LogP contribution in [0, 0.1) is 24.0 Å². The normalized spacial score (nSPS) is 13.9. The molecule has 31 heavy (non-hydrogen) atoms. The summed E-state index contributed by atoms with van der Waals surface area (Å²) in [5.74, 6) is -4.26. The van der Waals surface area contributed by atoms with E-state index in [-0.39, 0.29) is 32.7 Å². The van der Waals surface area contributed by atoms with E-state index < -0.39 is 40.1 Å². The second-order valence-corrected chi connectivity index (χ2v) is 9.14. The fourth-order valence-electron chi connectivity index (χ4n) is 3.88. The Morgan fingerprint density at radius 2 is 1.65 bits per heavy atom. The smallest absolute Gasteiger partial charge is 0.314 e. The van der Waals surface area contributed by atoms with Crippen molar-refractivity contribution >= 4 is 34.4 Å². The van der Waals surface area contributed by atoms with Gasteiger partial charge in [-0.2, -0.15) is 0 Å². The summed E-state index contributed by atoms with van der Waals surface area (Å²) in [6.45, 7) is 8.28. The molecule has 3 rings (SSSR count). The standard InChI is InChI=1S/C23H22ClF2NO4/c1-11-19(23(5,21(30)31)22(2,3)4)13-9-18(28)16(26)10-17(13)27(11)20(29)12-6-7-14(24)15(25)8-12/h6-10,28H,1-5H3,(H,30,31)/t23-/m1/s1. The third kappa shape index (κ3) is 3.37. The zero-order valence-electron chi connectivity index (χ0n) is 17.7. The second-order valence-electron chi connectivity index (χ2n) is 8.73. The molecule has 164 valence electrons. The minimum absolute atomic E-state index is 0.0466. The number of carboxylic acid groups (broad SMARTS) is 1. The van der Waals surface area contributed by atoms with Crippen molar-refractivity contribution in [3.8, 4) is 5.75 Å². The molecule has 0 saturated heterocycles. The second kappa shape index (κ2) is 7.34. The first-order chi connectivity index (χ1) is 14.2. The number of carbonyl (C=O) groups is 2. The first kappa shape index (κ1) is 22.7. The molecule has 8 heteroatoms. The summed E-state index contributed by atoms with van der Waals surface area (Å²) in [6.07, 6.45) is 0. The van der Waals surface area contributed by atoms with E-state index in [1.165, 1.54) is 19.1 Å². The summed E-state index contributed by atoms with van der Waals surface area (Å²) < 4.78 is 29.4. The zero-order chi connectivity index (χ0) is 23.5. The maximum atomic E-state index is 14.3. The Kier molecular flexibility index (Phi) is 5.39. The predicted molar refractivity (Wildman–Crippen MR) is 114 cm³/mol. The molecular weight excluding hydrogens is 428 g/mol. The molecule has 1 heterocycles. The van der Waals surface area contributed by atoms with Gasteiger partial charge in [-0.1, -0.05) is 32.4 Å². The molecule has 0 aliphatic heterocycles. The lowest BCUT2D eigenvalue weighted by Gasteiger charge is -2.39. The Morgan fingerprint density at radius 3 is 2.16 bits per heavy atom. The lowest BCUT2D eigenvalue weighted by Crippen LogP contribution is -2.45. The largest absolute Gasteiger partial charge is 0.505 e. The maximum absolute atomic E-state index is 14.3. The fourth-order valence-corrected chi connectivity index (χ4v) is 4.00. The van der Waals surface area contributed by atoms with Gasteiger partial charge in [-0.15, -0.1) is 0 Å². The van der Waals surface area contributed by atoms with Crippen LogP contribution >= 0.6 is 11.6 Å². The van der Waals surface area contributed by atoms with E-state index in [0.29, 0.717) is 0 Å². The van der Waals surface area contributed by atoms with Crippen LogP contribution in [0.25, 0.3) is 10.9 Å². The Bertz CT molecular complexity index is 1240. The number of aliphatic carboxylic acids is 1. The van der Waals surface area contributed by atoms with Gasteiger partial charge in [0.15, 0.2) is 11.6 Å². The van der Waals surface area contributed by atoms with Crippen LogP contribution in [-0.4, -0.2) is 26.7 Å². The highest BCUT2D eigenvalue weighted by Gasteiger charge is 2.49. The van der Waals surface area contributed by atoms with Gasteiger partial charge in [0, 0.05) is 22.7 Å². The van der Waals surface area contributed by atoms with Gasteiger partial charge < -0.3 is 10.2 Å². The van der Waals surface area contributed by atoms with Crippen molar-refractivity contribution in [1.82, 2.24) is 4.57 Å². The number of phenols is 1. The molecule has 0 aliphatic rings. The first-order valence-corrected chi connectivity index (χ1v) is 9.86. The van der Waals surface area contributed by atoms with Gasteiger partial charge in [-0.25, -0.2) is 8.78 Å². The van der Waals surface area contributed by atoms with Gasteiger partial charge in [-0.3, -0.25) is 14.2 Å². The molecule has 1 atom stereocenters. The van der Waals surface area contributed by atoms with E-state index in [4.69, 9.17) is 11.6 Å². The number of carboxylic acids is 1. The van der Waals surface area contributed by atoms with Crippen LogP contribution in [0.1, 0.15) is 49.3 Å². The number of halogens is 3. The highest BCUT2D eigenvalue weighted by atomic mass is 35.5. The van der Waals surface area contributed by atoms with E-state index in [0.717, 1.165) is 22.8 Å². The minimum atomic E-state index is -1.50. The molecule has 0 radical (unpaired) electrons. The van der Waals surface area contributed by atoms with Crippen molar-refractivity contribution < 1.29 is 28.6 Å². The lowest BCUT2D eigenvalue weighted by molar-refractivity contribution is -0.147. The van der Waals surface area contributed by atoms with E-state index >= 15 is 0 Å². The molecule has 0 saturated carbocycles. The topological polar surface area (TPSA) is 79.5 Å². The van der Waals surface area contributed by atoms with Gasteiger partial charge in [-0.05, 0) is 49.1 Å². The zero-order valence-corrected chi connectivity index (χ0v) is 18.4. The summed E-state index contributed by atoms with van der Waals surface area (Å²) in [4.78, 5) is 25.8. The number of hydrogen-bond donors (Lipinski definition) is 2. The van der Waals surface area contributed by atoms with Crippen molar-refractivity contribution in [1.29, 1.82) is 0 Å². The SMILES string of the molecule is Cc1c([C@](C)(C(=O)O)C(C)(C)C)c2cc(O)c(F)cc2n1C(=O)c1ccc(Cl)c(F)c1. The average Bonchev–Trinajstić information content (AvgIpc) is 2.93. The van der Waals surface area contributed by atoms with Crippen LogP contribution in [-0.2, 0) is 10.2 Å². The lowest BCUT2D eigenvalue weighted by atomic mass is 9.63. The maximum Gasteiger partial charge on any atom is 0.314 e.